The summed E-state index contributed by atoms with van der Waals surface area (Å²) in [6.07, 6.45) is 0.873. The maximum atomic E-state index is 5.89. The number of furan rings is 1. The lowest BCUT2D eigenvalue weighted by Crippen LogP contribution is -2.30. The molecule has 26 heavy (non-hydrogen) atoms. The molecule has 0 spiro atoms. The monoisotopic (exact) mass is 380 g/mol. The first-order chi connectivity index (χ1) is 12.7. The Kier molecular flexibility index (Phi) is 4.78. The molecule has 130 valence electrons. The van der Waals surface area contributed by atoms with Gasteiger partial charge in [-0.2, -0.15) is 0 Å². The number of halogens is 1. The van der Waals surface area contributed by atoms with Crippen LogP contribution in [0, 0.1) is 0 Å². The number of anilines is 1. The molecule has 4 rings (SSSR count). The first kappa shape index (κ1) is 16.9. The Bertz CT molecular complexity index is 1070. The van der Waals surface area contributed by atoms with Crippen LogP contribution in [0.2, 0.25) is 5.02 Å². The van der Waals surface area contributed by atoms with Gasteiger partial charge in [0.1, 0.15) is 11.2 Å². The van der Waals surface area contributed by atoms with Crippen LogP contribution >= 0.6 is 23.8 Å². The lowest BCUT2D eigenvalue weighted by atomic mass is 10.1. The molecule has 0 saturated carbocycles. The molecule has 0 amide bonds. The molecule has 1 heterocycles. The van der Waals surface area contributed by atoms with E-state index in [1.165, 1.54) is 5.56 Å². The highest BCUT2D eigenvalue weighted by atomic mass is 35.5. The third-order valence-electron chi connectivity index (χ3n) is 4.24. The fourth-order valence-corrected chi connectivity index (χ4v) is 3.30. The molecule has 3 nitrogen and oxygen atoms in total. The van der Waals surface area contributed by atoms with Gasteiger partial charge in [0.15, 0.2) is 5.11 Å². The van der Waals surface area contributed by atoms with Crippen molar-refractivity contribution in [3.05, 3.63) is 77.3 Å². The van der Waals surface area contributed by atoms with Crippen molar-refractivity contribution >= 4 is 56.6 Å². The fourth-order valence-electron chi connectivity index (χ4n) is 2.96. The number of thiocarbonyl (C=S) groups is 1. The predicted octanol–water partition coefficient (Wildman–Crippen LogP) is 5.77. The number of hydrogen-bond donors (Lipinski definition) is 2. The number of nitrogens with one attached hydrogen (secondary N) is 2. The summed E-state index contributed by atoms with van der Waals surface area (Å²) in [6, 6.07) is 21.9. The van der Waals surface area contributed by atoms with E-state index in [2.05, 4.69) is 28.8 Å². The Hall–Kier alpha value is -2.56. The average molecular weight is 381 g/mol. The summed E-state index contributed by atoms with van der Waals surface area (Å²) < 4.78 is 5.87. The molecule has 2 N–H and O–H groups in total. The van der Waals surface area contributed by atoms with Crippen molar-refractivity contribution in [1.29, 1.82) is 0 Å². The van der Waals surface area contributed by atoms with Gasteiger partial charge in [-0.15, -0.1) is 0 Å². The molecule has 4 aromatic rings. The fraction of sp³-hybridized carbons (Fsp3) is 0.0952. The van der Waals surface area contributed by atoms with Crippen LogP contribution in [0.5, 0.6) is 0 Å². The van der Waals surface area contributed by atoms with Crippen molar-refractivity contribution in [3.8, 4) is 0 Å². The Morgan fingerprint density at radius 1 is 0.923 bits per heavy atom. The summed E-state index contributed by atoms with van der Waals surface area (Å²) in [4.78, 5) is 0. The van der Waals surface area contributed by atoms with Gasteiger partial charge in [-0.3, -0.25) is 0 Å². The molecule has 1 aromatic heterocycles. The Morgan fingerprint density at radius 2 is 1.69 bits per heavy atom. The summed E-state index contributed by atoms with van der Waals surface area (Å²) in [5.74, 6) is 0. The minimum atomic E-state index is 0.599. The normalized spacial score (nSPS) is 11.0. The zero-order chi connectivity index (χ0) is 17.9. The molecule has 0 aliphatic rings. The van der Waals surface area contributed by atoms with Gasteiger partial charge in [0.25, 0.3) is 0 Å². The van der Waals surface area contributed by atoms with Crippen molar-refractivity contribution in [3.63, 3.8) is 0 Å². The summed E-state index contributed by atoms with van der Waals surface area (Å²) >= 11 is 11.2. The Morgan fingerprint density at radius 3 is 2.54 bits per heavy atom. The van der Waals surface area contributed by atoms with Gasteiger partial charge in [-0.1, -0.05) is 35.9 Å². The average Bonchev–Trinajstić information content (AvgIpc) is 3.02. The lowest BCUT2D eigenvalue weighted by Gasteiger charge is -2.10. The van der Waals surface area contributed by atoms with Crippen LogP contribution in [-0.2, 0) is 6.42 Å². The van der Waals surface area contributed by atoms with Crippen LogP contribution in [-0.4, -0.2) is 11.7 Å². The van der Waals surface area contributed by atoms with Crippen LogP contribution in [0.3, 0.4) is 0 Å². The third kappa shape index (κ3) is 3.66. The smallest absolute Gasteiger partial charge is 0.170 e. The summed E-state index contributed by atoms with van der Waals surface area (Å²) in [5, 5.41) is 10.00. The molecular formula is C21H17ClN2OS. The predicted molar refractivity (Wildman–Crippen MR) is 113 cm³/mol. The second kappa shape index (κ2) is 7.36. The van der Waals surface area contributed by atoms with E-state index in [0.717, 1.165) is 40.6 Å². The third-order valence-corrected chi connectivity index (χ3v) is 4.74. The van der Waals surface area contributed by atoms with Gasteiger partial charge in [0.2, 0.25) is 0 Å². The molecule has 0 atom stereocenters. The summed E-state index contributed by atoms with van der Waals surface area (Å²) in [5.41, 5.74) is 4.00. The SMILES string of the molecule is S=C(NCCc1ccc2oc3ccccc3c2c1)Nc1ccc(Cl)cc1. The van der Waals surface area contributed by atoms with E-state index in [4.69, 9.17) is 28.2 Å². The van der Waals surface area contributed by atoms with Gasteiger partial charge in [-0.25, -0.2) is 0 Å². The van der Waals surface area contributed by atoms with Crippen LogP contribution in [0.4, 0.5) is 5.69 Å². The molecule has 0 radical (unpaired) electrons. The first-order valence-electron chi connectivity index (χ1n) is 8.40. The molecule has 5 heteroatoms. The van der Waals surface area contributed by atoms with Crippen molar-refractivity contribution < 1.29 is 4.42 Å². The lowest BCUT2D eigenvalue weighted by molar-refractivity contribution is 0.668. The Labute approximate surface area is 162 Å². The van der Waals surface area contributed by atoms with Crippen molar-refractivity contribution in [1.82, 2.24) is 5.32 Å². The van der Waals surface area contributed by atoms with E-state index in [9.17, 15) is 0 Å². The van der Waals surface area contributed by atoms with Crippen LogP contribution in [0.25, 0.3) is 21.9 Å². The van der Waals surface area contributed by atoms with Gasteiger partial charge < -0.3 is 15.1 Å². The van der Waals surface area contributed by atoms with E-state index in [1.54, 1.807) is 0 Å². The zero-order valence-corrected chi connectivity index (χ0v) is 15.5. The van der Waals surface area contributed by atoms with Gasteiger partial charge >= 0.3 is 0 Å². The van der Waals surface area contributed by atoms with Crippen LogP contribution in [0.15, 0.2) is 71.1 Å². The maximum absolute atomic E-state index is 5.89. The minimum absolute atomic E-state index is 0.599. The highest BCUT2D eigenvalue weighted by Crippen LogP contribution is 2.29. The van der Waals surface area contributed by atoms with E-state index < -0.39 is 0 Å². The molecule has 0 aliphatic heterocycles. The van der Waals surface area contributed by atoms with Crippen molar-refractivity contribution in [2.24, 2.45) is 0 Å². The molecule has 0 bridgehead atoms. The quantitative estimate of drug-likeness (QED) is 0.441. The van der Waals surface area contributed by atoms with E-state index in [-0.39, 0.29) is 0 Å². The molecule has 0 unspecified atom stereocenters. The van der Waals surface area contributed by atoms with E-state index in [0.29, 0.717) is 10.1 Å². The number of fused-ring (bicyclic) bond motifs is 3. The highest BCUT2D eigenvalue weighted by Gasteiger charge is 2.07. The zero-order valence-electron chi connectivity index (χ0n) is 14.0. The number of benzene rings is 3. The van der Waals surface area contributed by atoms with Gasteiger partial charge in [0, 0.05) is 28.0 Å². The first-order valence-corrected chi connectivity index (χ1v) is 9.18. The summed E-state index contributed by atoms with van der Waals surface area (Å²) in [7, 11) is 0. The molecule has 0 saturated heterocycles. The van der Waals surface area contributed by atoms with Gasteiger partial charge in [-0.05, 0) is 66.7 Å². The second-order valence-electron chi connectivity index (χ2n) is 6.07. The van der Waals surface area contributed by atoms with E-state index in [1.807, 2.05) is 48.5 Å². The topological polar surface area (TPSA) is 37.2 Å². The Balaban J connectivity index is 1.39. The molecule has 0 fully saturated rings. The van der Waals surface area contributed by atoms with Crippen molar-refractivity contribution in [2.75, 3.05) is 11.9 Å². The maximum Gasteiger partial charge on any atom is 0.170 e. The van der Waals surface area contributed by atoms with Crippen LogP contribution < -0.4 is 10.6 Å². The van der Waals surface area contributed by atoms with E-state index >= 15 is 0 Å². The van der Waals surface area contributed by atoms with Crippen LogP contribution in [0.1, 0.15) is 5.56 Å². The molecule has 0 aliphatic carbocycles. The minimum Gasteiger partial charge on any atom is -0.456 e. The summed E-state index contributed by atoms with van der Waals surface area (Å²) in [6.45, 7) is 0.751. The highest BCUT2D eigenvalue weighted by molar-refractivity contribution is 7.80. The number of para-hydroxylation sites is 1. The largest absolute Gasteiger partial charge is 0.456 e. The second-order valence-corrected chi connectivity index (χ2v) is 6.91. The number of rotatable bonds is 4. The van der Waals surface area contributed by atoms with Crippen molar-refractivity contribution in [2.45, 2.75) is 6.42 Å². The van der Waals surface area contributed by atoms with Gasteiger partial charge in [0.05, 0.1) is 0 Å². The molecule has 3 aromatic carbocycles. The number of hydrogen-bond acceptors (Lipinski definition) is 2. The molecular weight excluding hydrogens is 364 g/mol. The standard InChI is InChI=1S/C21H17ClN2OS/c22-15-6-8-16(9-7-15)24-21(26)23-12-11-14-5-10-20-18(13-14)17-3-1-2-4-19(17)25-20/h1-10,13H,11-12H2,(H2,23,24,26).